The molecule has 0 heterocycles. The smallest absolute Gasteiger partial charge is 0.346 e. The van der Waals surface area contributed by atoms with E-state index >= 15 is 0 Å². The van der Waals surface area contributed by atoms with Crippen LogP contribution in [0.25, 0.3) is 0 Å². The number of benzene rings is 2. The topological polar surface area (TPSA) is 80.3 Å². The summed E-state index contributed by atoms with van der Waals surface area (Å²) in [5.41, 5.74) is 1.88. The summed E-state index contributed by atoms with van der Waals surface area (Å²) in [5.74, 6) is 0.695. The Kier molecular flexibility index (Phi) is 7.65. The molecule has 0 aliphatic carbocycles. The van der Waals surface area contributed by atoms with Gasteiger partial charge in [0, 0.05) is 6.08 Å². The van der Waals surface area contributed by atoms with Crippen molar-refractivity contribution in [2.45, 2.75) is 13.3 Å². The van der Waals surface area contributed by atoms with Gasteiger partial charge >= 0.3 is 11.9 Å². The van der Waals surface area contributed by atoms with E-state index in [0.717, 1.165) is 11.1 Å². The first-order chi connectivity index (χ1) is 13.9. The molecular weight excluding hydrogens is 376 g/mol. The molecule has 0 bridgehead atoms. The van der Waals surface area contributed by atoms with E-state index in [0.29, 0.717) is 29.4 Å². The Hall–Kier alpha value is -3.48. The molecule has 2 rings (SSSR count). The predicted molar refractivity (Wildman–Crippen MR) is 107 cm³/mol. The minimum Gasteiger partial charge on any atom is -0.496 e. The maximum absolute atomic E-state index is 12.1. The van der Waals surface area contributed by atoms with Gasteiger partial charge in [-0.1, -0.05) is 6.08 Å². The largest absolute Gasteiger partial charge is 0.496 e. The summed E-state index contributed by atoms with van der Waals surface area (Å²) in [6.45, 7) is 1.80. The monoisotopic (exact) mass is 400 g/mol. The molecule has 0 aliphatic heterocycles. The summed E-state index contributed by atoms with van der Waals surface area (Å²) in [7, 11) is 6.13. The molecule has 0 aromatic heterocycles. The van der Waals surface area contributed by atoms with Crippen LogP contribution in [0.15, 0.2) is 42.5 Å². The Morgan fingerprint density at radius 2 is 1.48 bits per heavy atom. The quantitative estimate of drug-likeness (QED) is 0.381. The third-order valence-electron chi connectivity index (χ3n) is 4.16. The molecule has 2 aromatic rings. The van der Waals surface area contributed by atoms with Crippen molar-refractivity contribution in [3.05, 3.63) is 59.2 Å². The third-order valence-corrected chi connectivity index (χ3v) is 4.16. The van der Waals surface area contributed by atoms with Crippen LogP contribution in [0.1, 0.15) is 21.5 Å². The number of carbonyl (C=O) groups excluding carboxylic acids is 2. The summed E-state index contributed by atoms with van der Waals surface area (Å²) >= 11 is 0. The molecule has 2 aromatic carbocycles. The van der Waals surface area contributed by atoms with Gasteiger partial charge in [0.05, 0.1) is 34.0 Å². The van der Waals surface area contributed by atoms with E-state index in [1.807, 2.05) is 0 Å². The van der Waals surface area contributed by atoms with Crippen LogP contribution >= 0.6 is 0 Å². The fourth-order valence-electron chi connectivity index (χ4n) is 2.73. The summed E-state index contributed by atoms with van der Waals surface area (Å²) < 4.78 is 25.9. The second-order valence-electron chi connectivity index (χ2n) is 6.03. The lowest BCUT2D eigenvalue weighted by molar-refractivity contribution is -0.132. The van der Waals surface area contributed by atoms with Crippen LogP contribution in [0.2, 0.25) is 0 Å². The van der Waals surface area contributed by atoms with Gasteiger partial charge in [-0.3, -0.25) is 0 Å². The van der Waals surface area contributed by atoms with Crippen LogP contribution in [0.3, 0.4) is 0 Å². The van der Waals surface area contributed by atoms with E-state index in [1.54, 1.807) is 50.4 Å². The highest BCUT2D eigenvalue weighted by Crippen LogP contribution is 2.38. The number of rotatable bonds is 8. The Bertz CT molecular complexity index is 890. The first-order valence-electron chi connectivity index (χ1n) is 8.79. The van der Waals surface area contributed by atoms with E-state index in [-0.39, 0.29) is 5.56 Å². The van der Waals surface area contributed by atoms with Gasteiger partial charge in [-0.2, -0.15) is 0 Å². The predicted octanol–water partition coefficient (Wildman–Crippen LogP) is 3.51. The highest BCUT2D eigenvalue weighted by Gasteiger charge is 2.14. The molecule has 0 saturated carbocycles. The lowest BCUT2D eigenvalue weighted by atomic mass is 10.1. The van der Waals surface area contributed by atoms with Gasteiger partial charge in [0.25, 0.3) is 0 Å². The zero-order valence-corrected chi connectivity index (χ0v) is 17.1. The van der Waals surface area contributed by atoms with Gasteiger partial charge in [0.15, 0.2) is 11.5 Å². The van der Waals surface area contributed by atoms with Crippen LogP contribution in [0.5, 0.6) is 23.0 Å². The van der Waals surface area contributed by atoms with Crippen LogP contribution in [0.4, 0.5) is 0 Å². The molecule has 0 spiro atoms. The van der Waals surface area contributed by atoms with Crippen LogP contribution in [-0.4, -0.2) is 40.4 Å². The molecule has 0 N–H and O–H groups in total. The van der Waals surface area contributed by atoms with Crippen molar-refractivity contribution in [2.24, 2.45) is 0 Å². The second kappa shape index (κ2) is 10.2. The number of esters is 2. The molecule has 0 unspecified atom stereocenters. The lowest BCUT2D eigenvalue weighted by Gasteiger charge is -2.13. The van der Waals surface area contributed by atoms with Gasteiger partial charge in [-0.25, -0.2) is 9.59 Å². The van der Waals surface area contributed by atoms with Crippen LogP contribution in [-0.2, 0) is 16.0 Å². The maximum Gasteiger partial charge on any atom is 0.346 e. The first kappa shape index (κ1) is 21.8. The highest BCUT2D eigenvalue weighted by atomic mass is 16.6. The number of ether oxygens (including phenoxy) is 5. The standard InChI is InChI=1S/C22H24O7/c1-14-11-16(9-10-17(14)25-2)22(24)29-20(23)8-6-7-15-12-18(26-3)21(28-5)19(13-15)27-4/h6,8-13H,7H2,1-5H3. The highest BCUT2D eigenvalue weighted by molar-refractivity contribution is 6.00. The van der Waals surface area contributed by atoms with E-state index < -0.39 is 11.9 Å². The first-order valence-corrected chi connectivity index (χ1v) is 8.79. The molecule has 29 heavy (non-hydrogen) atoms. The van der Waals surface area contributed by atoms with E-state index in [2.05, 4.69) is 0 Å². The molecule has 0 fully saturated rings. The average molecular weight is 400 g/mol. The van der Waals surface area contributed by atoms with Crippen LogP contribution in [0, 0.1) is 6.92 Å². The fraction of sp³-hybridized carbons (Fsp3) is 0.273. The Balaban J connectivity index is 2.02. The number of hydrogen-bond donors (Lipinski definition) is 0. The van der Waals surface area contributed by atoms with Gasteiger partial charge in [-0.05, 0) is 54.8 Å². The van der Waals surface area contributed by atoms with Gasteiger partial charge < -0.3 is 23.7 Å². The van der Waals surface area contributed by atoms with E-state index in [9.17, 15) is 9.59 Å². The Labute approximate surface area is 169 Å². The molecule has 0 saturated heterocycles. The average Bonchev–Trinajstić information content (AvgIpc) is 2.72. The number of aryl methyl sites for hydroxylation is 1. The summed E-state index contributed by atoms with van der Waals surface area (Å²) in [4.78, 5) is 24.1. The summed E-state index contributed by atoms with van der Waals surface area (Å²) in [6.07, 6.45) is 3.20. The van der Waals surface area contributed by atoms with Crippen molar-refractivity contribution in [3.8, 4) is 23.0 Å². The van der Waals surface area contributed by atoms with Crippen molar-refractivity contribution < 1.29 is 33.3 Å². The molecule has 0 amide bonds. The number of allylic oxidation sites excluding steroid dienone is 1. The molecular formula is C22H24O7. The minimum absolute atomic E-state index is 0.273. The van der Waals surface area contributed by atoms with Gasteiger partial charge in [0.2, 0.25) is 5.75 Å². The zero-order chi connectivity index (χ0) is 21.4. The molecule has 7 nitrogen and oxygen atoms in total. The second-order valence-corrected chi connectivity index (χ2v) is 6.03. The number of carbonyl (C=O) groups is 2. The molecule has 154 valence electrons. The third kappa shape index (κ3) is 5.51. The Morgan fingerprint density at radius 3 is 2.00 bits per heavy atom. The van der Waals surface area contributed by atoms with E-state index in [1.165, 1.54) is 27.4 Å². The van der Waals surface area contributed by atoms with Gasteiger partial charge in [-0.15, -0.1) is 0 Å². The lowest BCUT2D eigenvalue weighted by Crippen LogP contribution is -2.10. The normalized spacial score (nSPS) is 10.5. The fourth-order valence-corrected chi connectivity index (χ4v) is 2.73. The van der Waals surface area contributed by atoms with Crippen molar-refractivity contribution in [1.82, 2.24) is 0 Å². The molecule has 0 atom stereocenters. The van der Waals surface area contributed by atoms with Crippen LogP contribution < -0.4 is 18.9 Å². The van der Waals surface area contributed by atoms with Crippen molar-refractivity contribution in [2.75, 3.05) is 28.4 Å². The van der Waals surface area contributed by atoms with Crippen molar-refractivity contribution in [1.29, 1.82) is 0 Å². The minimum atomic E-state index is -0.754. The van der Waals surface area contributed by atoms with Gasteiger partial charge in [0.1, 0.15) is 5.75 Å². The van der Waals surface area contributed by atoms with E-state index in [4.69, 9.17) is 23.7 Å². The Morgan fingerprint density at radius 1 is 0.862 bits per heavy atom. The van der Waals surface area contributed by atoms with Crippen molar-refractivity contribution >= 4 is 11.9 Å². The summed E-state index contributed by atoms with van der Waals surface area (Å²) in [6, 6.07) is 8.36. The summed E-state index contributed by atoms with van der Waals surface area (Å²) in [5, 5.41) is 0. The van der Waals surface area contributed by atoms with Crippen molar-refractivity contribution in [3.63, 3.8) is 0 Å². The molecule has 0 radical (unpaired) electrons. The molecule has 0 aliphatic rings. The number of methoxy groups -OCH3 is 4. The molecule has 7 heteroatoms. The number of hydrogen-bond acceptors (Lipinski definition) is 7. The zero-order valence-electron chi connectivity index (χ0n) is 17.1. The SMILES string of the molecule is COc1ccc(C(=O)OC(=O)C=CCc2cc(OC)c(OC)c(OC)c2)cc1C. The maximum atomic E-state index is 12.1.